The highest BCUT2D eigenvalue weighted by Gasteiger charge is 2.59. The normalized spacial score (nSPS) is 25.1. The van der Waals surface area contributed by atoms with Crippen LogP contribution in [-0.4, -0.2) is 32.6 Å². The lowest BCUT2D eigenvalue weighted by Gasteiger charge is -2.34. The van der Waals surface area contributed by atoms with Crippen LogP contribution < -0.4 is 5.73 Å². The Morgan fingerprint density at radius 2 is 1.50 bits per heavy atom. The topological polar surface area (TPSA) is 98.1 Å². The van der Waals surface area contributed by atoms with Gasteiger partial charge in [0, 0.05) is 0 Å². The van der Waals surface area contributed by atoms with Gasteiger partial charge in [0.25, 0.3) is 11.8 Å². The molecule has 6 nitrogen and oxygen atoms in total. The molecule has 0 aromatic carbocycles. The van der Waals surface area contributed by atoms with Gasteiger partial charge >= 0.3 is 18.5 Å². The van der Waals surface area contributed by atoms with Gasteiger partial charge < -0.3 is 15.3 Å². The third kappa shape index (κ3) is 4.41. The molecule has 2 aromatic heterocycles. The van der Waals surface area contributed by atoms with Crippen LogP contribution in [0.3, 0.4) is 0 Å². The van der Waals surface area contributed by atoms with Gasteiger partial charge in [-0.3, -0.25) is 0 Å². The Kier molecular flexibility index (Phi) is 6.33. The van der Waals surface area contributed by atoms with Crippen molar-refractivity contribution in [2.45, 2.75) is 75.0 Å². The number of pyridine rings is 1. The lowest BCUT2D eigenvalue weighted by Crippen LogP contribution is -2.43. The van der Waals surface area contributed by atoms with Crippen molar-refractivity contribution in [2.24, 2.45) is 0 Å². The van der Waals surface area contributed by atoms with Gasteiger partial charge in [-0.15, -0.1) is 10.2 Å². The third-order valence-electron chi connectivity index (χ3n) is 5.92. The SMILES string of the molecule is CC1(C(F)(F)F)CCCCCCC(O)(C(F)(F)F)c2nnc(o2)-c2nc1c(C(F)(F)F)cc2N. The van der Waals surface area contributed by atoms with Gasteiger partial charge in [-0.05, 0) is 32.3 Å². The van der Waals surface area contributed by atoms with Gasteiger partial charge in [0.2, 0.25) is 5.60 Å². The van der Waals surface area contributed by atoms with E-state index in [0.29, 0.717) is 6.92 Å². The summed E-state index contributed by atoms with van der Waals surface area (Å²) < 4.78 is 129. The van der Waals surface area contributed by atoms with Crippen LogP contribution in [0.25, 0.3) is 11.6 Å². The maximum Gasteiger partial charge on any atom is 0.426 e. The number of nitrogens with two attached hydrogens (primary N) is 1. The third-order valence-corrected chi connectivity index (χ3v) is 5.92. The molecule has 3 heterocycles. The quantitative estimate of drug-likeness (QED) is 0.448. The van der Waals surface area contributed by atoms with Crippen LogP contribution in [0.5, 0.6) is 0 Å². The maximum atomic E-state index is 14.1. The predicted octanol–water partition coefficient (Wildman–Crippen LogP) is 5.66. The number of anilines is 1. The Hall–Kier alpha value is -2.58. The molecule has 2 unspecified atom stereocenters. The zero-order valence-corrected chi connectivity index (χ0v) is 17.5. The summed E-state index contributed by atoms with van der Waals surface area (Å²) in [5.41, 5.74) is -5.95. The van der Waals surface area contributed by atoms with Crippen LogP contribution in [0.2, 0.25) is 0 Å². The van der Waals surface area contributed by atoms with Crippen molar-refractivity contribution in [1.82, 2.24) is 15.2 Å². The number of alkyl halides is 9. The molecule has 0 fully saturated rings. The van der Waals surface area contributed by atoms with Crippen LogP contribution in [0.15, 0.2) is 10.5 Å². The largest absolute Gasteiger partial charge is 0.426 e. The van der Waals surface area contributed by atoms with E-state index in [1.165, 1.54) is 0 Å². The minimum Gasteiger partial charge on any atom is -0.416 e. The van der Waals surface area contributed by atoms with E-state index >= 15 is 0 Å². The zero-order chi connectivity index (χ0) is 25.7. The second-order valence-corrected chi connectivity index (χ2v) is 8.33. The maximum absolute atomic E-state index is 14.1. The summed E-state index contributed by atoms with van der Waals surface area (Å²) in [6.07, 6.45) is -18.1. The Morgan fingerprint density at radius 1 is 0.912 bits per heavy atom. The number of nitrogens with zero attached hydrogens (tertiary/aromatic N) is 3. The molecule has 4 bridgehead atoms. The van der Waals surface area contributed by atoms with E-state index < -0.39 is 76.8 Å². The summed E-state index contributed by atoms with van der Waals surface area (Å²) >= 11 is 0. The second kappa shape index (κ2) is 8.27. The van der Waals surface area contributed by atoms with Crippen molar-refractivity contribution in [3.05, 3.63) is 23.2 Å². The average molecular weight is 506 g/mol. The van der Waals surface area contributed by atoms with Gasteiger partial charge in [-0.1, -0.05) is 19.3 Å². The first kappa shape index (κ1) is 26.0. The molecular weight excluding hydrogens is 487 g/mol. The highest BCUT2D eigenvalue weighted by molar-refractivity contribution is 5.68. The first-order valence-electron chi connectivity index (χ1n) is 10.0. The number of aromatic nitrogens is 3. The Balaban J connectivity index is 2.33. The lowest BCUT2D eigenvalue weighted by atomic mass is 9.77. The van der Waals surface area contributed by atoms with E-state index in [2.05, 4.69) is 15.2 Å². The molecule has 0 amide bonds. The predicted molar refractivity (Wildman–Crippen MR) is 98.0 cm³/mol. The Labute approximate surface area is 186 Å². The summed E-state index contributed by atoms with van der Waals surface area (Å²) in [7, 11) is 0. The summed E-state index contributed by atoms with van der Waals surface area (Å²) in [6.45, 7) is 0.568. The lowest BCUT2D eigenvalue weighted by molar-refractivity contribution is -0.277. The molecule has 3 rings (SSSR count). The molecule has 2 aromatic rings. The first-order chi connectivity index (χ1) is 15.4. The number of nitrogen functional groups attached to an aromatic ring is 1. The fourth-order valence-electron chi connectivity index (χ4n) is 3.80. The van der Waals surface area contributed by atoms with Gasteiger partial charge in [0.05, 0.1) is 16.9 Å². The highest BCUT2D eigenvalue weighted by Crippen LogP contribution is 2.50. The van der Waals surface area contributed by atoms with Crippen molar-refractivity contribution in [3.8, 4) is 11.6 Å². The molecule has 190 valence electrons. The Morgan fingerprint density at radius 3 is 2.03 bits per heavy atom. The minimum atomic E-state index is -5.27. The fraction of sp³-hybridized carbons (Fsp3) is 0.632. The smallest absolute Gasteiger partial charge is 0.416 e. The Bertz CT molecular complexity index is 1050. The number of hydrogen-bond donors (Lipinski definition) is 2. The first-order valence-corrected chi connectivity index (χ1v) is 10.0. The number of fused-ring (bicyclic) bond motifs is 5. The molecule has 1 aliphatic heterocycles. The molecule has 1 aliphatic rings. The highest BCUT2D eigenvalue weighted by atomic mass is 19.4. The van der Waals surface area contributed by atoms with Crippen molar-refractivity contribution in [1.29, 1.82) is 0 Å². The molecule has 0 aliphatic carbocycles. The van der Waals surface area contributed by atoms with Crippen molar-refractivity contribution in [3.63, 3.8) is 0 Å². The molecule has 0 spiro atoms. The van der Waals surface area contributed by atoms with E-state index in [4.69, 9.17) is 10.2 Å². The van der Waals surface area contributed by atoms with Gasteiger partial charge in [0.1, 0.15) is 5.41 Å². The molecular formula is C19H19F9N4O2. The zero-order valence-electron chi connectivity index (χ0n) is 17.5. The number of hydrogen-bond acceptors (Lipinski definition) is 6. The molecule has 0 saturated carbocycles. The van der Waals surface area contributed by atoms with Crippen LogP contribution in [0, 0.1) is 0 Å². The van der Waals surface area contributed by atoms with Gasteiger partial charge in [-0.25, -0.2) is 4.98 Å². The van der Waals surface area contributed by atoms with Crippen molar-refractivity contribution in [2.75, 3.05) is 5.73 Å². The fourth-order valence-corrected chi connectivity index (χ4v) is 3.80. The van der Waals surface area contributed by atoms with Crippen LogP contribution in [0.4, 0.5) is 45.2 Å². The molecule has 0 saturated heterocycles. The summed E-state index contributed by atoms with van der Waals surface area (Å²) in [5.74, 6) is -2.29. The number of halogens is 9. The minimum absolute atomic E-state index is 0.0418. The van der Waals surface area contributed by atoms with Crippen molar-refractivity contribution >= 4 is 5.69 Å². The van der Waals surface area contributed by atoms with Crippen LogP contribution in [0.1, 0.15) is 62.6 Å². The number of rotatable bonds is 0. The molecule has 2 atom stereocenters. The summed E-state index contributed by atoms with van der Waals surface area (Å²) in [5, 5.41) is 16.7. The average Bonchev–Trinajstić information content (AvgIpc) is 3.17. The summed E-state index contributed by atoms with van der Waals surface area (Å²) in [6, 6.07) is 0.202. The molecule has 15 heteroatoms. The number of aliphatic hydroxyl groups is 1. The van der Waals surface area contributed by atoms with E-state index in [9.17, 15) is 44.6 Å². The summed E-state index contributed by atoms with van der Waals surface area (Å²) in [4.78, 5) is 3.48. The standard InChI is InChI=1S/C19H19F9N4O2/c1-15(18(23,24)25)6-4-2-3-5-7-16(33,19(26,27)28)14-32-31-13(34-14)11-10(29)8-9(12(15)30-11)17(20,21)22/h8,33H,2-7,29H2,1H3. The molecule has 34 heavy (non-hydrogen) atoms. The monoisotopic (exact) mass is 506 g/mol. The van der Waals surface area contributed by atoms with E-state index in [-0.39, 0.29) is 31.7 Å². The van der Waals surface area contributed by atoms with Gasteiger partial charge in [-0.2, -0.15) is 39.5 Å². The second-order valence-electron chi connectivity index (χ2n) is 8.33. The van der Waals surface area contributed by atoms with E-state index in [1.54, 1.807) is 0 Å². The molecule has 3 N–H and O–H groups in total. The van der Waals surface area contributed by atoms with Crippen LogP contribution in [-0.2, 0) is 17.2 Å². The van der Waals surface area contributed by atoms with E-state index in [1.807, 2.05) is 0 Å². The van der Waals surface area contributed by atoms with Crippen molar-refractivity contribution < 1.29 is 49.0 Å². The van der Waals surface area contributed by atoms with Crippen LogP contribution >= 0.6 is 0 Å². The van der Waals surface area contributed by atoms with Gasteiger partial charge in [0.15, 0.2) is 5.69 Å². The van der Waals surface area contributed by atoms with E-state index in [0.717, 1.165) is 0 Å². The molecule has 0 radical (unpaired) electrons.